The summed E-state index contributed by atoms with van der Waals surface area (Å²) in [6.07, 6.45) is 11.2. The molecule has 16 heavy (non-hydrogen) atoms. The molecular formula is C13H20O3. The first kappa shape index (κ1) is 11.7. The Hall–Kier alpha value is -0.800. The zero-order valence-electron chi connectivity index (χ0n) is 9.69. The van der Waals surface area contributed by atoms with E-state index in [1.165, 1.54) is 19.3 Å². The van der Waals surface area contributed by atoms with Gasteiger partial charge in [0.2, 0.25) is 0 Å². The fourth-order valence-corrected chi connectivity index (χ4v) is 2.29. The Bertz CT molecular complexity index is 254. The molecule has 3 nitrogen and oxygen atoms in total. The Morgan fingerprint density at radius 1 is 1.31 bits per heavy atom. The van der Waals surface area contributed by atoms with Crippen LogP contribution >= 0.6 is 0 Å². The van der Waals surface area contributed by atoms with Gasteiger partial charge in [-0.1, -0.05) is 19.1 Å². The van der Waals surface area contributed by atoms with Crippen LogP contribution in [0.25, 0.3) is 0 Å². The highest BCUT2D eigenvalue weighted by atomic mass is 16.7. The summed E-state index contributed by atoms with van der Waals surface area (Å²) in [5.41, 5.74) is 0. The predicted octanol–water partition coefficient (Wildman–Crippen LogP) is 2.78. The summed E-state index contributed by atoms with van der Waals surface area (Å²) in [7, 11) is 0. The van der Waals surface area contributed by atoms with Crippen molar-refractivity contribution in [3.63, 3.8) is 0 Å². The molecule has 0 amide bonds. The van der Waals surface area contributed by atoms with Gasteiger partial charge in [-0.05, 0) is 18.9 Å². The molecule has 0 unspecified atom stereocenters. The first-order valence-corrected chi connectivity index (χ1v) is 6.06. The molecule has 1 aliphatic heterocycles. The minimum Gasteiger partial charge on any atom is -0.497 e. The van der Waals surface area contributed by atoms with E-state index in [9.17, 15) is 0 Å². The van der Waals surface area contributed by atoms with Gasteiger partial charge in [0.15, 0.2) is 5.79 Å². The summed E-state index contributed by atoms with van der Waals surface area (Å²) in [5, 5.41) is 0. The molecule has 2 aliphatic rings. The summed E-state index contributed by atoms with van der Waals surface area (Å²) in [6, 6.07) is 0. The number of rotatable bonds is 4. The Morgan fingerprint density at radius 2 is 2.12 bits per heavy atom. The van der Waals surface area contributed by atoms with Crippen molar-refractivity contribution in [3.05, 3.63) is 25.0 Å². The molecule has 1 aliphatic carbocycles. The molecule has 1 saturated heterocycles. The van der Waals surface area contributed by atoms with Crippen LogP contribution in [0.2, 0.25) is 0 Å². The Kier molecular flexibility index (Phi) is 4.02. The van der Waals surface area contributed by atoms with E-state index < -0.39 is 0 Å². The van der Waals surface area contributed by atoms with Gasteiger partial charge in [-0.15, -0.1) is 0 Å². The lowest BCUT2D eigenvalue weighted by atomic mass is 9.94. The van der Waals surface area contributed by atoms with Gasteiger partial charge in [0.05, 0.1) is 12.9 Å². The average Bonchev–Trinajstić information content (AvgIpc) is 2.69. The molecule has 0 aromatic heterocycles. The molecule has 3 heteroatoms. The third kappa shape index (κ3) is 2.86. The quantitative estimate of drug-likeness (QED) is 0.417. The van der Waals surface area contributed by atoms with Gasteiger partial charge in [0.1, 0.15) is 12.7 Å². The van der Waals surface area contributed by atoms with Gasteiger partial charge < -0.3 is 14.2 Å². The van der Waals surface area contributed by atoms with E-state index in [4.69, 9.17) is 14.2 Å². The normalized spacial score (nSPS) is 28.6. The minimum absolute atomic E-state index is 0.0444. The summed E-state index contributed by atoms with van der Waals surface area (Å²) < 4.78 is 16.9. The topological polar surface area (TPSA) is 27.7 Å². The molecule has 2 rings (SSSR count). The molecule has 2 fully saturated rings. The largest absolute Gasteiger partial charge is 0.497 e. The standard InChI is InChI=1S/C13H20O3/c1-2-9-14-10-6-12-11-15-13(16-12)7-4-3-5-8-13/h2,6,10,12H,1,3-5,7-9,11H2/b10-6-/t12-/m0/s1. The molecule has 0 radical (unpaired) electrons. The fourth-order valence-electron chi connectivity index (χ4n) is 2.29. The molecule has 1 heterocycles. The minimum atomic E-state index is -0.286. The van der Waals surface area contributed by atoms with Crippen LogP contribution in [0.4, 0.5) is 0 Å². The van der Waals surface area contributed by atoms with Crippen LogP contribution in [-0.4, -0.2) is 25.1 Å². The van der Waals surface area contributed by atoms with Gasteiger partial charge in [-0.3, -0.25) is 0 Å². The molecule has 0 aromatic rings. The second kappa shape index (κ2) is 5.51. The van der Waals surface area contributed by atoms with Gasteiger partial charge >= 0.3 is 0 Å². The lowest BCUT2D eigenvalue weighted by Crippen LogP contribution is -2.33. The van der Waals surface area contributed by atoms with Gasteiger partial charge in [-0.2, -0.15) is 0 Å². The van der Waals surface area contributed by atoms with Crippen molar-refractivity contribution in [2.24, 2.45) is 0 Å². The highest BCUT2D eigenvalue weighted by molar-refractivity contribution is 4.92. The zero-order valence-corrected chi connectivity index (χ0v) is 9.69. The second-order valence-corrected chi connectivity index (χ2v) is 4.39. The van der Waals surface area contributed by atoms with Gasteiger partial charge in [0.25, 0.3) is 0 Å². The first-order chi connectivity index (χ1) is 7.85. The molecule has 1 saturated carbocycles. The zero-order chi connectivity index (χ0) is 11.3. The molecule has 0 bridgehead atoms. The highest BCUT2D eigenvalue weighted by Gasteiger charge is 2.41. The van der Waals surface area contributed by atoms with Crippen LogP contribution in [0, 0.1) is 0 Å². The van der Waals surface area contributed by atoms with Crippen LogP contribution in [0.5, 0.6) is 0 Å². The molecular weight excluding hydrogens is 204 g/mol. The van der Waals surface area contributed by atoms with Crippen LogP contribution < -0.4 is 0 Å². The molecule has 1 atom stereocenters. The van der Waals surface area contributed by atoms with E-state index in [0.717, 1.165) is 12.8 Å². The average molecular weight is 224 g/mol. The van der Waals surface area contributed by atoms with E-state index >= 15 is 0 Å². The molecule has 1 spiro atoms. The van der Waals surface area contributed by atoms with E-state index in [0.29, 0.717) is 13.2 Å². The van der Waals surface area contributed by atoms with Gasteiger partial charge in [0, 0.05) is 12.8 Å². The summed E-state index contributed by atoms with van der Waals surface area (Å²) >= 11 is 0. The van der Waals surface area contributed by atoms with Crippen molar-refractivity contribution >= 4 is 0 Å². The van der Waals surface area contributed by atoms with Crippen molar-refractivity contribution < 1.29 is 14.2 Å². The number of ether oxygens (including phenoxy) is 3. The maximum absolute atomic E-state index is 5.96. The Labute approximate surface area is 97.1 Å². The monoisotopic (exact) mass is 224 g/mol. The SMILES string of the molecule is C=CCO/C=C\[C@H]1COC2(CCCCC2)O1. The van der Waals surface area contributed by atoms with E-state index in [2.05, 4.69) is 6.58 Å². The maximum Gasteiger partial charge on any atom is 0.169 e. The molecule has 90 valence electrons. The second-order valence-electron chi connectivity index (χ2n) is 4.39. The lowest BCUT2D eigenvalue weighted by molar-refractivity contribution is -0.183. The predicted molar refractivity (Wildman–Crippen MR) is 61.9 cm³/mol. The van der Waals surface area contributed by atoms with E-state index in [-0.39, 0.29) is 11.9 Å². The van der Waals surface area contributed by atoms with Crippen LogP contribution in [0.15, 0.2) is 25.0 Å². The van der Waals surface area contributed by atoms with Crippen molar-refractivity contribution in [1.29, 1.82) is 0 Å². The first-order valence-electron chi connectivity index (χ1n) is 6.06. The van der Waals surface area contributed by atoms with E-state index in [1.807, 2.05) is 6.08 Å². The smallest absolute Gasteiger partial charge is 0.169 e. The number of hydrogen-bond donors (Lipinski definition) is 0. The maximum atomic E-state index is 5.96. The Morgan fingerprint density at radius 3 is 2.88 bits per heavy atom. The molecule has 0 aromatic carbocycles. The van der Waals surface area contributed by atoms with Crippen LogP contribution in [0.1, 0.15) is 32.1 Å². The van der Waals surface area contributed by atoms with E-state index in [1.54, 1.807) is 12.3 Å². The van der Waals surface area contributed by atoms with Crippen LogP contribution in [0.3, 0.4) is 0 Å². The summed E-state index contributed by atoms with van der Waals surface area (Å²) in [5.74, 6) is -0.286. The van der Waals surface area contributed by atoms with Crippen molar-refractivity contribution in [2.75, 3.05) is 13.2 Å². The summed E-state index contributed by atoms with van der Waals surface area (Å²) in [4.78, 5) is 0. The van der Waals surface area contributed by atoms with Crippen molar-refractivity contribution in [2.45, 2.75) is 44.0 Å². The number of hydrogen-bond acceptors (Lipinski definition) is 3. The van der Waals surface area contributed by atoms with Gasteiger partial charge in [-0.25, -0.2) is 0 Å². The van der Waals surface area contributed by atoms with Crippen molar-refractivity contribution in [1.82, 2.24) is 0 Å². The third-order valence-corrected chi connectivity index (χ3v) is 3.10. The highest BCUT2D eigenvalue weighted by Crippen LogP contribution is 2.37. The fraction of sp³-hybridized carbons (Fsp3) is 0.692. The lowest BCUT2D eigenvalue weighted by Gasteiger charge is -2.31. The summed E-state index contributed by atoms with van der Waals surface area (Å²) in [6.45, 7) is 4.77. The third-order valence-electron chi connectivity index (χ3n) is 3.10. The Balaban J connectivity index is 1.78. The van der Waals surface area contributed by atoms with Crippen molar-refractivity contribution in [3.8, 4) is 0 Å². The molecule has 0 N–H and O–H groups in total. The van der Waals surface area contributed by atoms with Crippen LogP contribution in [-0.2, 0) is 14.2 Å².